The van der Waals surface area contributed by atoms with Crippen molar-refractivity contribution in [1.29, 1.82) is 0 Å². The third-order valence-electron chi connectivity index (χ3n) is 3.37. The van der Waals surface area contributed by atoms with Gasteiger partial charge in [0.05, 0.1) is 26.4 Å². The molecular weight excluding hydrogens is 348 g/mol. The molecule has 0 aromatic rings. The van der Waals surface area contributed by atoms with Crippen molar-refractivity contribution in [3.8, 4) is 0 Å². The summed E-state index contributed by atoms with van der Waals surface area (Å²) in [5.41, 5.74) is 0. The van der Waals surface area contributed by atoms with E-state index in [1.54, 1.807) is 0 Å². The molecule has 0 amide bonds. The first-order valence-electron chi connectivity index (χ1n) is 6.75. The molecule has 6 nitrogen and oxygen atoms in total. The molecule has 120 valence electrons. The number of hydrazine groups is 2. The summed E-state index contributed by atoms with van der Waals surface area (Å²) < 4.78 is 11.8. The molecule has 2 rings (SSSR count). The Morgan fingerprint density at radius 2 is 1.14 bits per heavy atom. The van der Waals surface area contributed by atoms with Gasteiger partial charge in [-0.15, -0.1) is 25.3 Å². The number of ether oxygens (including phenoxy) is 2. The van der Waals surface area contributed by atoms with Crippen molar-refractivity contribution in [2.75, 3.05) is 59.3 Å². The van der Waals surface area contributed by atoms with Gasteiger partial charge < -0.3 is 9.47 Å². The predicted octanol–water partition coefficient (Wildman–Crippen LogP) is 0.472. The van der Waals surface area contributed by atoms with Crippen LogP contribution in [0.1, 0.15) is 0 Å². The number of nitrogens with zero attached hydrogens (tertiary/aromatic N) is 4. The Morgan fingerprint density at radius 1 is 0.810 bits per heavy atom. The lowest BCUT2D eigenvalue weighted by Gasteiger charge is -2.44. The zero-order valence-electron chi connectivity index (χ0n) is 11.7. The average Bonchev–Trinajstić information content (AvgIpc) is 2.49. The minimum absolute atomic E-state index is 0.505. The highest BCUT2D eigenvalue weighted by molar-refractivity contribution is 8.11. The van der Waals surface area contributed by atoms with Crippen LogP contribution in [0.5, 0.6) is 0 Å². The summed E-state index contributed by atoms with van der Waals surface area (Å²) in [6, 6.07) is 0. The van der Waals surface area contributed by atoms with Gasteiger partial charge in [0, 0.05) is 26.2 Å². The maximum absolute atomic E-state index is 5.38. The lowest BCUT2D eigenvalue weighted by Crippen LogP contribution is -2.59. The minimum atomic E-state index is 0.505. The molecule has 21 heavy (non-hydrogen) atoms. The molecule has 0 radical (unpaired) electrons. The van der Waals surface area contributed by atoms with Crippen LogP contribution in [0.2, 0.25) is 0 Å². The zero-order chi connectivity index (χ0) is 15.2. The first-order chi connectivity index (χ1) is 10.1. The Kier molecular flexibility index (Phi) is 7.42. The van der Waals surface area contributed by atoms with E-state index >= 15 is 0 Å². The molecule has 2 heterocycles. The molecule has 10 heteroatoms. The van der Waals surface area contributed by atoms with E-state index in [1.165, 1.54) is 0 Å². The van der Waals surface area contributed by atoms with Crippen molar-refractivity contribution in [1.82, 2.24) is 20.0 Å². The van der Waals surface area contributed by atoms with Crippen LogP contribution in [0.25, 0.3) is 0 Å². The fraction of sp³-hybridized carbons (Fsp3) is 0.818. The highest BCUT2D eigenvalue weighted by Gasteiger charge is 2.26. The molecule has 0 aliphatic carbocycles. The van der Waals surface area contributed by atoms with Crippen LogP contribution in [-0.4, -0.2) is 88.0 Å². The molecule has 2 fully saturated rings. The Morgan fingerprint density at radius 3 is 1.43 bits per heavy atom. The van der Waals surface area contributed by atoms with Crippen molar-refractivity contribution in [3.63, 3.8) is 0 Å². The molecule has 2 aliphatic heterocycles. The molecular formula is C11H20N4O2S4. The van der Waals surface area contributed by atoms with Gasteiger partial charge in [-0.25, -0.2) is 10.0 Å². The molecule has 0 spiro atoms. The van der Waals surface area contributed by atoms with E-state index in [-0.39, 0.29) is 0 Å². The molecule has 0 atom stereocenters. The smallest absolute Gasteiger partial charge is 0.149 e. The number of thiocarbonyl (C=S) groups is 2. The minimum Gasteiger partial charge on any atom is -0.379 e. The average molecular weight is 369 g/mol. The molecule has 0 saturated carbocycles. The van der Waals surface area contributed by atoms with Crippen LogP contribution in [0, 0.1) is 0 Å². The highest BCUT2D eigenvalue weighted by Crippen LogP contribution is 2.13. The molecule has 0 aromatic heterocycles. The lowest BCUT2D eigenvalue weighted by atomic mass is 10.5. The van der Waals surface area contributed by atoms with Gasteiger partial charge in [0.1, 0.15) is 15.3 Å². The third-order valence-corrected chi connectivity index (χ3v) is 4.25. The summed E-state index contributed by atoms with van der Waals surface area (Å²) in [7, 11) is 0. The normalized spacial score (nSPS) is 21.0. The lowest BCUT2D eigenvalue weighted by molar-refractivity contribution is -0.107. The summed E-state index contributed by atoms with van der Waals surface area (Å²) in [5, 5.41) is 8.16. The quantitative estimate of drug-likeness (QED) is 0.421. The summed E-state index contributed by atoms with van der Waals surface area (Å²) in [4.78, 5) is 0. The molecule has 2 saturated heterocycles. The second-order valence-corrected chi connectivity index (χ2v) is 6.86. The van der Waals surface area contributed by atoms with Gasteiger partial charge in [0.25, 0.3) is 0 Å². The molecule has 0 N–H and O–H groups in total. The van der Waals surface area contributed by atoms with E-state index in [2.05, 4.69) is 35.3 Å². The predicted molar refractivity (Wildman–Crippen MR) is 96.5 cm³/mol. The van der Waals surface area contributed by atoms with Gasteiger partial charge in [-0.05, 0) is 0 Å². The highest BCUT2D eigenvalue weighted by atomic mass is 32.1. The van der Waals surface area contributed by atoms with Crippen LogP contribution < -0.4 is 0 Å². The molecule has 0 unspecified atom stereocenters. The van der Waals surface area contributed by atoms with Crippen LogP contribution in [0.4, 0.5) is 0 Å². The Bertz CT molecular complexity index is 341. The van der Waals surface area contributed by atoms with Crippen molar-refractivity contribution in [2.24, 2.45) is 0 Å². The fourth-order valence-electron chi connectivity index (χ4n) is 2.26. The van der Waals surface area contributed by atoms with Crippen molar-refractivity contribution >= 4 is 58.3 Å². The van der Waals surface area contributed by atoms with E-state index in [0.29, 0.717) is 41.7 Å². The molecule has 0 aromatic carbocycles. The van der Waals surface area contributed by atoms with E-state index in [4.69, 9.17) is 33.9 Å². The van der Waals surface area contributed by atoms with E-state index in [9.17, 15) is 0 Å². The van der Waals surface area contributed by atoms with Gasteiger partial charge in [0.15, 0.2) is 0 Å². The summed E-state index contributed by atoms with van der Waals surface area (Å²) in [6.45, 7) is 6.42. The topological polar surface area (TPSA) is 31.4 Å². The van der Waals surface area contributed by atoms with E-state index in [0.717, 1.165) is 26.2 Å². The summed E-state index contributed by atoms with van der Waals surface area (Å²) in [5.74, 6) is 0. The van der Waals surface area contributed by atoms with Gasteiger partial charge in [-0.3, -0.25) is 10.0 Å². The number of rotatable bonds is 4. The van der Waals surface area contributed by atoms with Gasteiger partial charge >= 0.3 is 0 Å². The number of hydrogen-bond acceptors (Lipinski definition) is 6. The molecule has 2 aliphatic rings. The second-order valence-electron chi connectivity index (χ2n) is 4.64. The SMILES string of the molecule is S=C(S)N(CN(C(=S)S)N1CCOCC1)N1CCOCC1. The Hall–Kier alpha value is 0.320. The Labute approximate surface area is 147 Å². The van der Waals surface area contributed by atoms with Crippen molar-refractivity contribution in [3.05, 3.63) is 0 Å². The van der Waals surface area contributed by atoms with Crippen LogP contribution >= 0.6 is 49.7 Å². The fourth-order valence-corrected chi connectivity index (χ4v) is 2.98. The third kappa shape index (κ3) is 5.17. The number of hydrogen-bond donors (Lipinski definition) is 2. The number of morpholine rings is 2. The maximum atomic E-state index is 5.38. The van der Waals surface area contributed by atoms with Crippen LogP contribution in [0.3, 0.4) is 0 Å². The first-order valence-corrected chi connectivity index (χ1v) is 8.47. The zero-order valence-corrected chi connectivity index (χ0v) is 15.1. The maximum Gasteiger partial charge on any atom is 0.149 e. The monoisotopic (exact) mass is 368 g/mol. The standard InChI is InChI=1S/C11H20N4O2S4/c18-10(19)14(12-1-5-16-6-2-12)9-15(11(20)21)13-3-7-17-8-4-13/h1-9H2,(H,18,19)(H,20,21). The second kappa shape index (κ2) is 8.82. The summed E-state index contributed by atoms with van der Waals surface area (Å²) in [6.07, 6.45) is 0. The van der Waals surface area contributed by atoms with Crippen molar-refractivity contribution in [2.45, 2.75) is 0 Å². The Balaban J connectivity index is 2.04. The number of thiol groups is 2. The summed E-state index contributed by atoms with van der Waals surface area (Å²) >= 11 is 19.2. The van der Waals surface area contributed by atoms with E-state index < -0.39 is 0 Å². The van der Waals surface area contributed by atoms with Gasteiger partial charge in [-0.1, -0.05) is 24.4 Å². The van der Waals surface area contributed by atoms with Crippen molar-refractivity contribution < 1.29 is 9.47 Å². The van der Waals surface area contributed by atoms with Crippen LogP contribution in [-0.2, 0) is 9.47 Å². The van der Waals surface area contributed by atoms with Gasteiger partial charge in [-0.2, -0.15) is 0 Å². The van der Waals surface area contributed by atoms with Gasteiger partial charge in [0.2, 0.25) is 0 Å². The molecule has 0 bridgehead atoms. The first kappa shape index (κ1) is 17.7. The van der Waals surface area contributed by atoms with Crippen LogP contribution in [0.15, 0.2) is 0 Å². The van der Waals surface area contributed by atoms with E-state index in [1.807, 2.05) is 10.0 Å². The largest absolute Gasteiger partial charge is 0.379 e.